The Bertz CT molecular complexity index is 182. The van der Waals surface area contributed by atoms with E-state index in [1.165, 1.54) is 6.20 Å². The van der Waals surface area contributed by atoms with Crippen LogP contribution >= 0.6 is 0 Å². The van der Waals surface area contributed by atoms with Gasteiger partial charge in [-0.1, -0.05) is 5.57 Å². The zero-order valence-electron chi connectivity index (χ0n) is 5.77. The number of aliphatic imine (C=N–C) groups is 1. The number of halogens is 2. The number of nitrogens with zero attached hydrogens (tertiary/aromatic N) is 1. The minimum Gasteiger partial charge on any atom is -0.260 e. The lowest BCUT2D eigenvalue weighted by molar-refractivity contribution is 0.222. The molecule has 56 valence electrons. The molecule has 0 spiro atoms. The lowest BCUT2D eigenvalue weighted by atomic mass is 10.1. The molecule has 3 heteroatoms. The first kappa shape index (κ1) is 7.38. The zero-order chi connectivity index (χ0) is 7.56. The molecule has 10 heavy (non-hydrogen) atoms. The fraction of sp³-hybridized carbons (Fsp3) is 0.571. The molecular weight excluding hydrogens is 136 g/mol. The van der Waals surface area contributed by atoms with E-state index in [1.54, 1.807) is 0 Å². The Balaban J connectivity index is 2.64. The minimum atomic E-state index is -2.37. The Kier molecular flexibility index (Phi) is 2.14. The van der Waals surface area contributed by atoms with E-state index in [0.717, 1.165) is 12.0 Å². The van der Waals surface area contributed by atoms with Gasteiger partial charge in [-0.3, -0.25) is 4.99 Å². The highest BCUT2D eigenvalue weighted by Crippen LogP contribution is 2.14. The third-order valence-corrected chi connectivity index (χ3v) is 1.48. The van der Waals surface area contributed by atoms with Crippen molar-refractivity contribution in [1.29, 1.82) is 0 Å². The second-order valence-corrected chi connectivity index (χ2v) is 2.40. The molecule has 1 nitrogen and oxygen atoms in total. The standard InChI is InChI=1S/C7H9F2N/c1-5-2-3-6(7(8)9)10-4-5/h4,7H,2-3H2,1H3. The Morgan fingerprint density at radius 2 is 2.20 bits per heavy atom. The van der Waals surface area contributed by atoms with Crippen molar-refractivity contribution in [3.05, 3.63) is 11.8 Å². The summed E-state index contributed by atoms with van der Waals surface area (Å²) in [5.74, 6) is 0. The van der Waals surface area contributed by atoms with E-state index in [9.17, 15) is 8.78 Å². The van der Waals surface area contributed by atoms with Gasteiger partial charge in [-0.2, -0.15) is 0 Å². The molecule has 0 saturated heterocycles. The summed E-state index contributed by atoms with van der Waals surface area (Å²) in [5.41, 5.74) is 1.09. The third-order valence-electron chi connectivity index (χ3n) is 1.48. The smallest absolute Gasteiger partial charge is 0.260 e. The van der Waals surface area contributed by atoms with Gasteiger partial charge in [0.05, 0.1) is 5.71 Å². The van der Waals surface area contributed by atoms with E-state index in [1.807, 2.05) is 6.92 Å². The normalized spacial score (nSPS) is 18.8. The molecule has 0 radical (unpaired) electrons. The zero-order valence-corrected chi connectivity index (χ0v) is 5.77. The maximum Gasteiger partial charge on any atom is 0.276 e. The number of alkyl halides is 2. The molecule has 0 N–H and O–H groups in total. The molecule has 0 aromatic heterocycles. The van der Waals surface area contributed by atoms with Crippen LogP contribution in [-0.4, -0.2) is 12.1 Å². The Labute approximate surface area is 58.5 Å². The largest absolute Gasteiger partial charge is 0.276 e. The SMILES string of the molecule is CC1=CN=C(C(F)F)CC1. The highest BCUT2D eigenvalue weighted by molar-refractivity contribution is 5.88. The summed E-state index contributed by atoms with van der Waals surface area (Å²) in [6, 6.07) is 0. The molecule has 0 bridgehead atoms. The summed E-state index contributed by atoms with van der Waals surface area (Å²) < 4.78 is 23.8. The van der Waals surface area contributed by atoms with E-state index in [0.29, 0.717) is 6.42 Å². The van der Waals surface area contributed by atoms with Crippen LogP contribution in [-0.2, 0) is 0 Å². The quantitative estimate of drug-likeness (QED) is 0.537. The molecule has 0 aliphatic carbocycles. The molecule has 0 fully saturated rings. The van der Waals surface area contributed by atoms with Crippen molar-refractivity contribution in [1.82, 2.24) is 0 Å². The first-order valence-corrected chi connectivity index (χ1v) is 3.20. The summed E-state index contributed by atoms with van der Waals surface area (Å²) >= 11 is 0. The lowest BCUT2D eigenvalue weighted by Crippen LogP contribution is -2.12. The molecule has 0 aromatic rings. The van der Waals surface area contributed by atoms with Crippen LogP contribution in [0.5, 0.6) is 0 Å². The second-order valence-electron chi connectivity index (χ2n) is 2.40. The summed E-state index contributed by atoms with van der Waals surface area (Å²) in [6.45, 7) is 1.89. The van der Waals surface area contributed by atoms with Gasteiger partial charge in [-0.25, -0.2) is 8.78 Å². The predicted octanol–water partition coefficient (Wildman–Crippen LogP) is 2.39. The van der Waals surface area contributed by atoms with E-state index in [-0.39, 0.29) is 5.71 Å². The molecule has 0 amide bonds. The molecule has 1 aliphatic rings. The summed E-state index contributed by atoms with van der Waals surface area (Å²) in [6.07, 6.45) is 0.290. The van der Waals surface area contributed by atoms with Gasteiger partial charge in [0.15, 0.2) is 0 Å². The highest BCUT2D eigenvalue weighted by Gasteiger charge is 2.14. The van der Waals surface area contributed by atoms with Crippen LogP contribution < -0.4 is 0 Å². The molecule has 1 rings (SSSR count). The van der Waals surface area contributed by atoms with Gasteiger partial charge >= 0.3 is 0 Å². The topological polar surface area (TPSA) is 12.4 Å². The fourth-order valence-electron chi connectivity index (χ4n) is 0.813. The highest BCUT2D eigenvalue weighted by atomic mass is 19.3. The molecule has 0 atom stereocenters. The molecule has 0 unspecified atom stereocenters. The molecule has 0 saturated carbocycles. The van der Waals surface area contributed by atoms with Gasteiger partial charge in [-0.15, -0.1) is 0 Å². The minimum absolute atomic E-state index is 0.0191. The van der Waals surface area contributed by atoms with Crippen LogP contribution in [0.25, 0.3) is 0 Å². The van der Waals surface area contributed by atoms with Crippen LogP contribution in [0, 0.1) is 0 Å². The molecule has 0 aromatic carbocycles. The second kappa shape index (κ2) is 2.90. The third kappa shape index (κ3) is 1.62. The average Bonchev–Trinajstić information content (AvgIpc) is 1.88. The van der Waals surface area contributed by atoms with Crippen LogP contribution in [0.1, 0.15) is 19.8 Å². The molecular formula is C7H9F2N. The molecule has 1 aliphatic heterocycles. The summed E-state index contributed by atoms with van der Waals surface area (Å²) in [5, 5.41) is 0. The maximum absolute atomic E-state index is 11.9. The fourth-order valence-corrected chi connectivity index (χ4v) is 0.813. The lowest BCUT2D eigenvalue weighted by Gasteiger charge is -2.08. The van der Waals surface area contributed by atoms with Crippen molar-refractivity contribution in [2.24, 2.45) is 4.99 Å². The van der Waals surface area contributed by atoms with E-state index in [4.69, 9.17) is 0 Å². The van der Waals surface area contributed by atoms with E-state index in [2.05, 4.69) is 4.99 Å². The van der Waals surface area contributed by atoms with Crippen molar-refractivity contribution >= 4 is 5.71 Å². The van der Waals surface area contributed by atoms with E-state index < -0.39 is 6.43 Å². The Hall–Kier alpha value is -0.730. The van der Waals surface area contributed by atoms with Crippen molar-refractivity contribution in [2.45, 2.75) is 26.2 Å². The van der Waals surface area contributed by atoms with Gasteiger partial charge < -0.3 is 0 Å². The number of allylic oxidation sites excluding steroid dienone is 1. The van der Waals surface area contributed by atoms with Crippen LogP contribution in [0.4, 0.5) is 8.78 Å². The number of hydrogen-bond acceptors (Lipinski definition) is 1. The van der Waals surface area contributed by atoms with Crippen LogP contribution in [0.15, 0.2) is 16.8 Å². The van der Waals surface area contributed by atoms with Crippen molar-refractivity contribution < 1.29 is 8.78 Å². The monoisotopic (exact) mass is 145 g/mol. The van der Waals surface area contributed by atoms with Gasteiger partial charge in [0, 0.05) is 6.20 Å². The predicted molar refractivity (Wildman–Crippen MR) is 36.4 cm³/mol. The summed E-state index contributed by atoms with van der Waals surface area (Å²) in [7, 11) is 0. The van der Waals surface area contributed by atoms with Crippen molar-refractivity contribution in [3.63, 3.8) is 0 Å². The van der Waals surface area contributed by atoms with Crippen molar-refractivity contribution in [3.8, 4) is 0 Å². The number of rotatable bonds is 1. The Morgan fingerprint density at radius 1 is 1.50 bits per heavy atom. The van der Waals surface area contributed by atoms with Crippen LogP contribution in [0.2, 0.25) is 0 Å². The number of hydrogen-bond donors (Lipinski definition) is 0. The average molecular weight is 145 g/mol. The molecule has 1 heterocycles. The first-order chi connectivity index (χ1) is 4.70. The Morgan fingerprint density at radius 3 is 2.60 bits per heavy atom. The van der Waals surface area contributed by atoms with Gasteiger partial charge in [0.25, 0.3) is 6.43 Å². The van der Waals surface area contributed by atoms with Gasteiger partial charge in [0.2, 0.25) is 0 Å². The maximum atomic E-state index is 11.9. The van der Waals surface area contributed by atoms with E-state index >= 15 is 0 Å². The van der Waals surface area contributed by atoms with Gasteiger partial charge in [0.1, 0.15) is 0 Å². The first-order valence-electron chi connectivity index (χ1n) is 3.20. The summed E-state index contributed by atoms with van der Waals surface area (Å²) in [4.78, 5) is 3.61. The van der Waals surface area contributed by atoms with Crippen molar-refractivity contribution in [2.75, 3.05) is 0 Å². The van der Waals surface area contributed by atoms with Gasteiger partial charge in [-0.05, 0) is 19.8 Å². The van der Waals surface area contributed by atoms with Crippen LogP contribution in [0.3, 0.4) is 0 Å².